The molecule has 0 aliphatic heterocycles. The second-order valence-corrected chi connectivity index (χ2v) is 7.79. The van der Waals surface area contributed by atoms with E-state index in [9.17, 15) is 9.18 Å². The molecule has 0 radical (unpaired) electrons. The molecule has 0 unspecified atom stereocenters. The Bertz CT molecular complexity index is 1450. The topological polar surface area (TPSA) is 69.3 Å². The first-order valence-corrected chi connectivity index (χ1v) is 10.7. The lowest BCUT2D eigenvalue weighted by Gasteiger charge is -2.06. The van der Waals surface area contributed by atoms with E-state index >= 15 is 0 Å². The zero-order valence-electron chi connectivity index (χ0n) is 18.0. The molecule has 0 saturated heterocycles. The summed E-state index contributed by atoms with van der Waals surface area (Å²) < 4.78 is 26.8. The maximum Gasteiger partial charge on any atom is 0.287 e. The van der Waals surface area contributed by atoms with Gasteiger partial charge in [-0.15, -0.1) is 0 Å². The lowest BCUT2D eigenvalue weighted by atomic mass is 10.1. The van der Waals surface area contributed by atoms with Crippen LogP contribution in [0.3, 0.4) is 0 Å². The first-order valence-electron chi connectivity index (χ1n) is 10.7. The fourth-order valence-corrected chi connectivity index (χ4v) is 3.80. The summed E-state index contributed by atoms with van der Waals surface area (Å²) in [4.78, 5) is 17.0. The summed E-state index contributed by atoms with van der Waals surface area (Å²) in [6.45, 7) is 0.601. The van der Waals surface area contributed by atoms with Gasteiger partial charge in [0.1, 0.15) is 29.8 Å². The number of carbonyl (C=O) groups is 1. The van der Waals surface area contributed by atoms with Crippen molar-refractivity contribution in [2.75, 3.05) is 6.54 Å². The number of furan rings is 1. The van der Waals surface area contributed by atoms with Crippen LogP contribution in [0.4, 0.5) is 4.39 Å². The van der Waals surface area contributed by atoms with E-state index in [2.05, 4.69) is 10.3 Å². The number of hydrogen-bond acceptors (Lipinski definition) is 4. The van der Waals surface area contributed by atoms with Crippen LogP contribution in [0, 0.1) is 5.82 Å². The van der Waals surface area contributed by atoms with Gasteiger partial charge in [0.15, 0.2) is 5.76 Å². The van der Waals surface area contributed by atoms with E-state index in [-0.39, 0.29) is 24.1 Å². The van der Waals surface area contributed by atoms with Crippen LogP contribution in [0.5, 0.6) is 5.75 Å². The van der Waals surface area contributed by atoms with Crippen molar-refractivity contribution in [3.63, 3.8) is 0 Å². The van der Waals surface area contributed by atoms with Crippen LogP contribution in [-0.4, -0.2) is 22.0 Å². The lowest BCUT2D eigenvalue weighted by molar-refractivity contribution is 0.0922. The van der Waals surface area contributed by atoms with Crippen LogP contribution < -0.4 is 10.1 Å². The molecule has 0 saturated carbocycles. The molecule has 0 aliphatic carbocycles. The van der Waals surface area contributed by atoms with E-state index in [0.717, 1.165) is 33.4 Å². The molecule has 0 bridgehead atoms. The maximum absolute atomic E-state index is 13.5. The third kappa shape index (κ3) is 4.43. The minimum atomic E-state index is -0.309. The predicted molar refractivity (Wildman–Crippen MR) is 124 cm³/mol. The van der Waals surface area contributed by atoms with Gasteiger partial charge >= 0.3 is 0 Å². The Kier molecular flexibility index (Phi) is 5.52. The minimum Gasteiger partial charge on any atom is -0.486 e. The number of carbonyl (C=O) groups excluding carboxylic acids is 1. The Balaban J connectivity index is 1.16. The predicted octanol–water partition coefficient (Wildman–Crippen LogP) is 5.01. The van der Waals surface area contributed by atoms with Gasteiger partial charge in [-0.3, -0.25) is 4.79 Å². The van der Waals surface area contributed by atoms with Crippen LogP contribution in [0.1, 0.15) is 22.1 Å². The molecule has 1 N–H and O–H groups in total. The lowest BCUT2D eigenvalue weighted by Crippen LogP contribution is -2.26. The minimum absolute atomic E-state index is 0.221. The van der Waals surface area contributed by atoms with Gasteiger partial charge in [0.2, 0.25) is 0 Å². The Morgan fingerprint density at radius 1 is 1.06 bits per heavy atom. The third-order valence-corrected chi connectivity index (χ3v) is 5.56. The standard InChI is InChI=1S/C26H22FN3O3/c1-30-23-15-19(27)7-10-22(23)29-25(30)12-13-28-26(31)24-11-9-21(33-24)16-32-20-8-6-17-4-2-3-5-18(17)14-20/h2-11,14-15H,12-13,16H2,1H3,(H,28,31). The molecule has 0 aliphatic rings. The number of amides is 1. The first-order chi connectivity index (χ1) is 16.1. The molecule has 33 heavy (non-hydrogen) atoms. The summed E-state index contributed by atoms with van der Waals surface area (Å²) in [5.74, 6) is 1.67. The van der Waals surface area contributed by atoms with Crippen LogP contribution >= 0.6 is 0 Å². The zero-order valence-corrected chi connectivity index (χ0v) is 18.0. The quantitative estimate of drug-likeness (QED) is 0.384. The SMILES string of the molecule is Cn1c(CCNC(=O)c2ccc(COc3ccc4ccccc4c3)o2)nc2ccc(F)cc21. The Labute approximate surface area is 189 Å². The fourth-order valence-electron chi connectivity index (χ4n) is 3.80. The summed E-state index contributed by atoms with van der Waals surface area (Å²) in [6.07, 6.45) is 0.511. The van der Waals surface area contributed by atoms with Gasteiger partial charge in [0, 0.05) is 20.0 Å². The molecular formula is C26H22FN3O3. The second-order valence-electron chi connectivity index (χ2n) is 7.79. The van der Waals surface area contributed by atoms with Crippen molar-refractivity contribution in [3.8, 4) is 5.75 Å². The molecule has 0 spiro atoms. The van der Waals surface area contributed by atoms with E-state index in [1.54, 1.807) is 18.2 Å². The van der Waals surface area contributed by atoms with Crippen molar-refractivity contribution >= 4 is 27.7 Å². The van der Waals surface area contributed by atoms with Gasteiger partial charge in [-0.1, -0.05) is 30.3 Å². The smallest absolute Gasteiger partial charge is 0.287 e. The van der Waals surface area contributed by atoms with Gasteiger partial charge < -0.3 is 19.0 Å². The Morgan fingerprint density at radius 3 is 2.79 bits per heavy atom. The van der Waals surface area contributed by atoms with E-state index in [1.165, 1.54) is 12.1 Å². The number of imidazole rings is 1. The molecule has 2 aromatic heterocycles. The van der Waals surface area contributed by atoms with Crippen LogP contribution in [-0.2, 0) is 20.1 Å². The van der Waals surface area contributed by atoms with Crippen molar-refractivity contribution < 1.29 is 18.3 Å². The number of rotatable bonds is 7. The van der Waals surface area contributed by atoms with Crippen molar-refractivity contribution in [3.05, 3.63) is 96.0 Å². The largest absolute Gasteiger partial charge is 0.486 e. The number of aromatic nitrogens is 2. The van der Waals surface area contributed by atoms with E-state index in [1.807, 2.05) is 54.1 Å². The highest BCUT2D eigenvalue weighted by Gasteiger charge is 2.13. The summed E-state index contributed by atoms with van der Waals surface area (Å²) in [7, 11) is 1.83. The summed E-state index contributed by atoms with van der Waals surface area (Å²) in [5.41, 5.74) is 1.45. The number of nitrogens with zero attached hydrogens (tertiary/aromatic N) is 2. The van der Waals surface area contributed by atoms with Crippen LogP contribution in [0.15, 0.2) is 77.2 Å². The van der Waals surface area contributed by atoms with Crippen LogP contribution in [0.2, 0.25) is 0 Å². The fraction of sp³-hybridized carbons (Fsp3) is 0.154. The van der Waals surface area contributed by atoms with Gasteiger partial charge in [-0.25, -0.2) is 9.37 Å². The average Bonchev–Trinajstić information content (AvgIpc) is 3.43. The highest BCUT2D eigenvalue weighted by Crippen LogP contribution is 2.22. The number of hydrogen-bond donors (Lipinski definition) is 1. The molecule has 0 atom stereocenters. The molecule has 5 aromatic rings. The maximum atomic E-state index is 13.5. The first kappa shape index (κ1) is 20.8. The number of ether oxygens (including phenoxy) is 1. The molecule has 0 fully saturated rings. The normalized spacial score (nSPS) is 11.2. The molecular weight excluding hydrogens is 421 g/mol. The van der Waals surface area contributed by atoms with Gasteiger partial charge in [-0.2, -0.15) is 0 Å². The molecule has 6 nitrogen and oxygen atoms in total. The Hall–Kier alpha value is -4.13. The average molecular weight is 443 g/mol. The van der Waals surface area contributed by atoms with Crippen molar-refractivity contribution in [2.45, 2.75) is 13.0 Å². The monoisotopic (exact) mass is 443 g/mol. The molecule has 2 heterocycles. The number of halogens is 1. The number of nitrogens with one attached hydrogen (secondary N) is 1. The molecule has 1 amide bonds. The molecule has 5 rings (SSSR count). The van der Waals surface area contributed by atoms with Gasteiger partial charge in [0.25, 0.3) is 5.91 Å². The molecule has 7 heteroatoms. The van der Waals surface area contributed by atoms with Gasteiger partial charge in [-0.05, 0) is 53.2 Å². The summed E-state index contributed by atoms with van der Waals surface area (Å²) in [6, 6.07) is 21.8. The van der Waals surface area contributed by atoms with Crippen LogP contribution in [0.25, 0.3) is 21.8 Å². The van der Waals surface area contributed by atoms with Gasteiger partial charge in [0.05, 0.1) is 11.0 Å². The van der Waals surface area contributed by atoms with Crippen molar-refractivity contribution in [1.29, 1.82) is 0 Å². The third-order valence-electron chi connectivity index (χ3n) is 5.56. The second kappa shape index (κ2) is 8.78. The number of benzene rings is 3. The molecule has 166 valence electrons. The number of fused-ring (bicyclic) bond motifs is 2. The van der Waals surface area contributed by atoms with E-state index in [0.29, 0.717) is 18.7 Å². The molecule has 3 aromatic carbocycles. The zero-order chi connectivity index (χ0) is 22.8. The van der Waals surface area contributed by atoms with Crippen molar-refractivity contribution in [1.82, 2.24) is 14.9 Å². The highest BCUT2D eigenvalue weighted by molar-refractivity contribution is 5.91. The summed E-state index contributed by atoms with van der Waals surface area (Å²) >= 11 is 0. The van der Waals surface area contributed by atoms with E-state index < -0.39 is 0 Å². The van der Waals surface area contributed by atoms with Crippen molar-refractivity contribution in [2.24, 2.45) is 7.05 Å². The number of aryl methyl sites for hydroxylation is 1. The Morgan fingerprint density at radius 2 is 1.91 bits per heavy atom. The highest BCUT2D eigenvalue weighted by atomic mass is 19.1. The summed E-state index contributed by atoms with van der Waals surface area (Å²) in [5, 5.41) is 5.08. The van der Waals surface area contributed by atoms with E-state index in [4.69, 9.17) is 9.15 Å².